The summed E-state index contributed by atoms with van der Waals surface area (Å²) >= 11 is 0. The standard InChI is InChI=1S/C11H8FNO2/c1-15-11(14)6-8(7-13)9-4-2-3-5-10(9)12/h2-6H,1H3/b8-6+. The first-order valence-corrected chi connectivity index (χ1v) is 4.13. The Labute approximate surface area is 86.4 Å². The fraction of sp³-hybridized carbons (Fsp3) is 0.0909. The van der Waals surface area contributed by atoms with Crippen molar-refractivity contribution in [2.75, 3.05) is 7.11 Å². The zero-order valence-corrected chi connectivity index (χ0v) is 8.03. The molecule has 0 atom stereocenters. The second-order valence-electron chi connectivity index (χ2n) is 2.67. The highest BCUT2D eigenvalue weighted by molar-refractivity contribution is 5.95. The molecule has 0 fully saturated rings. The van der Waals surface area contributed by atoms with Gasteiger partial charge in [0.15, 0.2) is 0 Å². The van der Waals surface area contributed by atoms with Gasteiger partial charge in [0.05, 0.1) is 12.7 Å². The van der Waals surface area contributed by atoms with Gasteiger partial charge < -0.3 is 4.74 Å². The number of carbonyl (C=O) groups excluding carboxylic acids is 1. The first-order chi connectivity index (χ1) is 7.19. The first kappa shape index (κ1) is 10.9. The molecule has 1 rings (SSSR count). The third kappa shape index (κ3) is 2.64. The van der Waals surface area contributed by atoms with E-state index in [4.69, 9.17) is 5.26 Å². The number of hydrogen-bond acceptors (Lipinski definition) is 3. The molecule has 4 heteroatoms. The van der Waals surface area contributed by atoms with E-state index in [0.29, 0.717) is 0 Å². The minimum atomic E-state index is -0.685. The zero-order chi connectivity index (χ0) is 11.3. The van der Waals surface area contributed by atoms with E-state index in [0.717, 1.165) is 6.08 Å². The summed E-state index contributed by atoms with van der Waals surface area (Å²) in [5.41, 5.74) is 0.0327. The van der Waals surface area contributed by atoms with Crippen molar-refractivity contribution in [2.24, 2.45) is 0 Å². The molecule has 0 aliphatic rings. The number of nitrogens with zero attached hydrogens (tertiary/aromatic N) is 1. The van der Waals surface area contributed by atoms with Crippen LogP contribution in [0.15, 0.2) is 30.3 Å². The molecule has 15 heavy (non-hydrogen) atoms. The largest absolute Gasteiger partial charge is 0.466 e. The molecular formula is C11H8FNO2. The van der Waals surface area contributed by atoms with Crippen molar-refractivity contribution < 1.29 is 13.9 Å². The lowest BCUT2D eigenvalue weighted by Gasteiger charge is -1.99. The molecule has 0 aromatic heterocycles. The molecule has 3 nitrogen and oxygen atoms in total. The van der Waals surface area contributed by atoms with Crippen LogP contribution in [0.1, 0.15) is 5.56 Å². The Kier molecular flexibility index (Phi) is 3.58. The molecule has 1 aromatic rings. The molecule has 0 saturated carbocycles. The van der Waals surface area contributed by atoms with Crippen LogP contribution in [0.5, 0.6) is 0 Å². The van der Waals surface area contributed by atoms with E-state index in [1.165, 1.54) is 25.3 Å². The maximum absolute atomic E-state index is 13.2. The highest BCUT2D eigenvalue weighted by atomic mass is 19.1. The number of nitriles is 1. The van der Waals surface area contributed by atoms with Gasteiger partial charge >= 0.3 is 5.97 Å². The molecule has 1 aromatic carbocycles. The molecule has 0 spiro atoms. The summed E-state index contributed by atoms with van der Waals surface area (Å²) in [6.45, 7) is 0. The maximum atomic E-state index is 13.2. The number of carbonyl (C=O) groups is 1. The minimum Gasteiger partial charge on any atom is -0.466 e. The molecule has 0 amide bonds. The van der Waals surface area contributed by atoms with Gasteiger partial charge in [-0.05, 0) is 6.07 Å². The SMILES string of the molecule is COC(=O)/C=C(\C#N)c1ccccc1F. The Morgan fingerprint density at radius 1 is 1.53 bits per heavy atom. The van der Waals surface area contributed by atoms with Crippen LogP contribution < -0.4 is 0 Å². The van der Waals surface area contributed by atoms with Crippen molar-refractivity contribution in [1.82, 2.24) is 0 Å². The highest BCUT2D eigenvalue weighted by Crippen LogP contribution is 2.17. The van der Waals surface area contributed by atoms with E-state index in [2.05, 4.69) is 4.74 Å². The van der Waals surface area contributed by atoms with Crippen LogP contribution in [0.3, 0.4) is 0 Å². The van der Waals surface area contributed by atoms with Crippen molar-refractivity contribution in [3.63, 3.8) is 0 Å². The first-order valence-electron chi connectivity index (χ1n) is 4.13. The van der Waals surface area contributed by atoms with E-state index in [1.54, 1.807) is 12.1 Å². The molecule has 0 bridgehead atoms. The summed E-state index contributed by atoms with van der Waals surface area (Å²) in [6, 6.07) is 7.48. The monoisotopic (exact) mass is 205 g/mol. The number of rotatable bonds is 2. The van der Waals surface area contributed by atoms with Crippen LogP contribution in [0.25, 0.3) is 5.57 Å². The predicted octanol–water partition coefficient (Wildman–Crippen LogP) is 1.91. The molecule has 76 valence electrons. The number of hydrogen-bond donors (Lipinski definition) is 0. The van der Waals surface area contributed by atoms with E-state index in [9.17, 15) is 9.18 Å². The van der Waals surface area contributed by atoms with Gasteiger partial charge in [-0.2, -0.15) is 5.26 Å². The highest BCUT2D eigenvalue weighted by Gasteiger charge is 2.08. The Bertz CT molecular complexity index is 446. The number of allylic oxidation sites excluding steroid dienone is 1. The predicted molar refractivity (Wildman–Crippen MR) is 52.0 cm³/mol. The smallest absolute Gasteiger partial charge is 0.331 e. The number of esters is 1. The van der Waals surface area contributed by atoms with Gasteiger partial charge in [0.2, 0.25) is 0 Å². The van der Waals surface area contributed by atoms with Gasteiger partial charge in [-0.15, -0.1) is 0 Å². The van der Waals surface area contributed by atoms with Crippen molar-refractivity contribution >= 4 is 11.5 Å². The Morgan fingerprint density at radius 3 is 2.73 bits per heavy atom. The average Bonchev–Trinajstić information content (AvgIpc) is 2.26. The average molecular weight is 205 g/mol. The van der Waals surface area contributed by atoms with Crippen LogP contribution in [0.4, 0.5) is 4.39 Å². The van der Waals surface area contributed by atoms with E-state index in [-0.39, 0.29) is 11.1 Å². The van der Waals surface area contributed by atoms with Crippen LogP contribution >= 0.6 is 0 Å². The van der Waals surface area contributed by atoms with Crippen LogP contribution in [-0.2, 0) is 9.53 Å². The Hall–Kier alpha value is -2.15. The summed E-state index contributed by atoms with van der Waals surface area (Å²) in [5, 5.41) is 8.76. The molecule has 0 heterocycles. The Balaban J connectivity index is 3.16. The Morgan fingerprint density at radius 2 is 2.20 bits per heavy atom. The summed E-state index contributed by atoms with van der Waals surface area (Å²) in [6.07, 6.45) is 0.957. The third-order valence-electron chi connectivity index (χ3n) is 1.75. The van der Waals surface area contributed by atoms with Gasteiger partial charge in [0, 0.05) is 11.6 Å². The van der Waals surface area contributed by atoms with Crippen molar-refractivity contribution in [1.29, 1.82) is 5.26 Å². The second kappa shape index (κ2) is 4.91. The topological polar surface area (TPSA) is 50.1 Å². The molecule has 0 N–H and O–H groups in total. The van der Waals surface area contributed by atoms with Crippen LogP contribution in [0.2, 0.25) is 0 Å². The van der Waals surface area contributed by atoms with Gasteiger partial charge in [0.1, 0.15) is 11.9 Å². The van der Waals surface area contributed by atoms with Gasteiger partial charge in [0.25, 0.3) is 0 Å². The lowest BCUT2D eigenvalue weighted by atomic mass is 10.1. The quantitative estimate of drug-likeness (QED) is 0.421. The van der Waals surface area contributed by atoms with Crippen molar-refractivity contribution in [3.05, 3.63) is 41.7 Å². The summed E-state index contributed by atoms with van der Waals surface area (Å²) in [5.74, 6) is -1.23. The molecule has 0 aliphatic carbocycles. The zero-order valence-electron chi connectivity index (χ0n) is 8.03. The molecule has 0 unspecified atom stereocenters. The number of halogens is 1. The van der Waals surface area contributed by atoms with E-state index in [1.807, 2.05) is 0 Å². The fourth-order valence-corrected chi connectivity index (χ4v) is 1.03. The van der Waals surface area contributed by atoms with Gasteiger partial charge in [-0.25, -0.2) is 9.18 Å². The van der Waals surface area contributed by atoms with Gasteiger partial charge in [-0.3, -0.25) is 0 Å². The number of benzene rings is 1. The third-order valence-corrected chi connectivity index (χ3v) is 1.75. The second-order valence-corrected chi connectivity index (χ2v) is 2.67. The van der Waals surface area contributed by atoms with Crippen LogP contribution in [0, 0.1) is 17.1 Å². The minimum absolute atomic E-state index is 0.0556. The lowest BCUT2D eigenvalue weighted by Crippen LogP contribution is -1.97. The maximum Gasteiger partial charge on any atom is 0.331 e. The molecule has 0 aliphatic heterocycles. The van der Waals surface area contributed by atoms with Gasteiger partial charge in [-0.1, -0.05) is 18.2 Å². The lowest BCUT2D eigenvalue weighted by molar-refractivity contribution is -0.134. The molecular weight excluding hydrogens is 197 g/mol. The summed E-state index contributed by atoms with van der Waals surface area (Å²) < 4.78 is 17.6. The van der Waals surface area contributed by atoms with Crippen molar-refractivity contribution in [3.8, 4) is 6.07 Å². The van der Waals surface area contributed by atoms with E-state index < -0.39 is 11.8 Å². The fourth-order valence-electron chi connectivity index (χ4n) is 1.03. The number of methoxy groups -OCH3 is 1. The van der Waals surface area contributed by atoms with Crippen molar-refractivity contribution in [2.45, 2.75) is 0 Å². The van der Waals surface area contributed by atoms with E-state index >= 15 is 0 Å². The molecule has 0 saturated heterocycles. The normalized spacial score (nSPS) is 10.6. The number of ether oxygens (including phenoxy) is 1. The van der Waals surface area contributed by atoms with Crippen LogP contribution in [-0.4, -0.2) is 13.1 Å². The summed E-state index contributed by atoms with van der Waals surface area (Å²) in [4.78, 5) is 10.9. The summed E-state index contributed by atoms with van der Waals surface area (Å²) in [7, 11) is 1.19. The molecule has 0 radical (unpaired) electrons.